The van der Waals surface area contributed by atoms with Gasteiger partial charge in [0, 0.05) is 13.1 Å². The number of hydrogen-bond donors (Lipinski definition) is 2. The topological polar surface area (TPSA) is 107 Å². The number of nitrogens with two attached hydrogens (primary N) is 1. The average Bonchev–Trinajstić information content (AvgIpc) is 2.42. The molecule has 21 heavy (non-hydrogen) atoms. The first-order chi connectivity index (χ1) is 9.93. The predicted octanol–water partition coefficient (Wildman–Crippen LogP) is 0.219. The number of aromatic nitrogens is 3. The Morgan fingerprint density at radius 1 is 1.43 bits per heavy atom. The molecular weight excluding hydrogens is 274 g/mol. The lowest BCUT2D eigenvalue weighted by molar-refractivity contribution is -0.101. The molecule has 0 spiro atoms. The molecule has 1 unspecified atom stereocenters. The van der Waals surface area contributed by atoms with Crippen LogP contribution < -0.4 is 15.4 Å². The quantitative estimate of drug-likeness (QED) is 0.795. The minimum atomic E-state index is -0.405. The van der Waals surface area contributed by atoms with Crippen molar-refractivity contribution in [2.75, 3.05) is 36.9 Å². The second-order valence-corrected chi connectivity index (χ2v) is 5.69. The van der Waals surface area contributed by atoms with E-state index in [1.54, 1.807) is 0 Å². The van der Waals surface area contributed by atoms with Gasteiger partial charge in [-0.3, -0.25) is 0 Å². The van der Waals surface area contributed by atoms with Crippen molar-refractivity contribution in [2.45, 2.75) is 38.9 Å². The number of aliphatic hydroxyl groups is 1. The number of rotatable bonds is 5. The Morgan fingerprint density at radius 3 is 2.86 bits per heavy atom. The summed E-state index contributed by atoms with van der Waals surface area (Å²) in [4.78, 5) is 14.4. The highest BCUT2D eigenvalue weighted by molar-refractivity contribution is 5.37. The summed E-state index contributed by atoms with van der Waals surface area (Å²) in [5.41, 5.74) is 5.32. The SMILES string of the molecule is CCCOc1nc(N)nc(N2CC(CO)OC(C)(C)C2)n1. The zero-order valence-electron chi connectivity index (χ0n) is 12.7. The van der Waals surface area contributed by atoms with Crippen molar-refractivity contribution >= 4 is 11.9 Å². The normalized spacial score (nSPS) is 21.3. The Labute approximate surface area is 124 Å². The van der Waals surface area contributed by atoms with Crippen LogP contribution in [0.1, 0.15) is 27.2 Å². The molecule has 1 aromatic rings. The fourth-order valence-corrected chi connectivity index (χ4v) is 2.30. The van der Waals surface area contributed by atoms with Gasteiger partial charge in [0.1, 0.15) is 0 Å². The summed E-state index contributed by atoms with van der Waals surface area (Å²) in [5.74, 6) is 0.569. The van der Waals surface area contributed by atoms with Gasteiger partial charge in [-0.2, -0.15) is 15.0 Å². The molecule has 8 heteroatoms. The van der Waals surface area contributed by atoms with Crippen LogP contribution >= 0.6 is 0 Å². The van der Waals surface area contributed by atoms with Gasteiger partial charge in [0.25, 0.3) is 0 Å². The molecule has 0 aromatic carbocycles. The van der Waals surface area contributed by atoms with E-state index in [9.17, 15) is 5.11 Å². The Hall–Kier alpha value is -1.67. The molecule has 1 aromatic heterocycles. The van der Waals surface area contributed by atoms with E-state index >= 15 is 0 Å². The first-order valence-electron chi connectivity index (χ1n) is 7.11. The van der Waals surface area contributed by atoms with E-state index in [4.69, 9.17) is 15.2 Å². The van der Waals surface area contributed by atoms with E-state index in [0.29, 0.717) is 25.6 Å². The molecule has 0 saturated carbocycles. The third kappa shape index (κ3) is 4.15. The largest absolute Gasteiger partial charge is 0.463 e. The Kier molecular flexibility index (Phi) is 4.79. The first-order valence-corrected chi connectivity index (χ1v) is 7.11. The van der Waals surface area contributed by atoms with E-state index in [1.807, 2.05) is 25.7 Å². The van der Waals surface area contributed by atoms with E-state index < -0.39 is 5.60 Å². The van der Waals surface area contributed by atoms with Crippen LogP contribution in [-0.2, 0) is 4.74 Å². The molecule has 8 nitrogen and oxygen atoms in total. The predicted molar refractivity (Wildman–Crippen MR) is 78.3 cm³/mol. The molecule has 0 radical (unpaired) electrons. The van der Waals surface area contributed by atoms with Gasteiger partial charge in [0.2, 0.25) is 11.9 Å². The maximum atomic E-state index is 9.36. The van der Waals surface area contributed by atoms with Crippen LogP contribution in [0.5, 0.6) is 6.01 Å². The lowest BCUT2D eigenvalue weighted by Crippen LogP contribution is -2.54. The monoisotopic (exact) mass is 297 g/mol. The Balaban J connectivity index is 2.21. The summed E-state index contributed by atoms with van der Waals surface area (Å²) >= 11 is 0. The molecule has 118 valence electrons. The highest BCUT2D eigenvalue weighted by atomic mass is 16.5. The molecule has 1 saturated heterocycles. The van der Waals surface area contributed by atoms with Gasteiger partial charge in [0.05, 0.1) is 24.9 Å². The summed E-state index contributed by atoms with van der Waals surface area (Å²) in [6, 6.07) is 0.226. The highest BCUT2D eigenvalue weighted by Crippen LogP contribution is 2.24. The second kappa shape index (κ2) is 6.40. The molecule has 2 heterocycles. The summed E-state index contributed by atoms with van der Waals surface area (Å²) < 4.78 is 11.2. The average molecular weight is 297 g/mol. The van der Waals surface area contributed by atoms with Crippen molar-refractivity contribution in [3.05, 3.63) is 0 Å². The molecular formula is C13H23N5O3. The van der Waals surface area contributed by atoms with Crippen molar-refractivity contribution in [2.24, 2.45) is 0 Å². The summed E-state index contributed by atoms with van der Waals surface area (Å²) in [6.07, 6.45) is 0.574. The maximum Gasteiger partial charge on any atom is 0.323 e. The van der Waals surface area contributed by atoms with Crippen LogP contribution in [0.25, 0.3) is 0 Å². The van der Waals surface area contributed by atoms with E-state index in [-0.39, 0.29) is 24.7 Å². The van der Waals surface area contributed by atoms with Crippen LogP contribution in [0.4, 0.5) is 11.9 Å². The third-order valence-electron chi connectivity index (χ3n) is 3.02. The number of morpholine rings is 1. The molecule has 0 amide bonds. The number of ether oxygens (including phenoxy) is 2. The van der Waals surface area contributed by atoms with Crippen LogP contribution in [0, 0.1) is 0 Å². The number of anilines is 2. The van der Waals surface area contributed by atoms with Gasteiger partial charge in [-0.15, -0.1) is 0 Å². The van der Waals surface area contributed by atoms with Crippen LogP contribution in [0.15, 0.2) is 0 Å². The Morgan fingerprint density at radius 2 is 2.19 bits per heavy atom. The minimum absolute atomic E-state index is 0.0559. The number of nitrogens with zero attached hydrogens (tertiary/aromatic N) is 4. The Bertz CT molecular complexity index is 483. The van der Waals surface area contributed by atoms with Gasteiger partial charge < -0.3 is 25.2 Å². The van der Waals surface area contributed by atoms with Gasteiger partial charge in [-0.05, 0) is 20.3 Å². The molecule has 1 aliphatic heterocycles. The van der Waals surface area contributed by atoms with Crippen molar-refractivity contribution < 1.29 is 14.6 Å². The lowest BCUT2D eigenvalue weighted by Gasteiger charge is -2.42. The van der Waals surface area contributed by atoms with Gasteiger partial charge in [0.15, 0.2) is 0 Å². The first kappa shape index (κ1) is 15.7. The summed E-state index contributed by atoms with van der Waals surface area (Å²) in [7, 11) is 0. The summed E-state index contributed by atoms with van der Waals surface area (Å²) in [5, 5.41) is 9.36. The molecule has 1 fully saturated rings. The van der Waals surface area contributed by atoms with Crippen molar-refractivity contribution in [3.63, 3.8) is 0 Å². The molecule has 1 aliphatic rings. The molecule has 2 rings (SSSR count). The molecule has 0 aliphatic carbocycles. The fourth-order valence-electron chi connectivity index (χ4n) is 2.30. The standard InChI is InChI=1S/C13H23N5O3/c1-4-5-20-12-16-10(14)15-11(17-12)18-6-9(7-19)21-13(2,3)8-18/h9,19H,4-8H2,1-3H3,(H2,14,15,16,17). The maximum absolute atomic E-state index is 9.36. The van der Waals surface area contributed by atoms with Crippen LogP contribution in [0.2, 0.25) is 0 Å². The molecule has 0 bridgehead atoms. The van der Waals surface area contributed by atoms with Crippen molar-refractivity contribution in [3.8, 4) is 6.01 Å². The highest BCUT2D eigenvalue weighted by Gasteiger charge is 2.34. The van der Waals surface area contributed by atoms with Crippen LogP contribution in [-0.4, -0.2) is 58.1 Å². The zero-order valence-corrected chi connectivity index (χ0v) is 12.7. The van der Waals surface area contributed by atoms with Crippen molar-refractivity contribution in [1.29, 1.82) is 0 Å². The number of aliphatic hydroxyl groups excluding tert-OH is 1. The van der Waals surface area contributed by atoms with E-state index in [0.717, 1.165) is 6.42 Å². The molecule has 1 atom stereocenters. The minimum Gasteiger partial charge on any atom is -0.463 e. The summed E-state index contributed by atoms with van der Waals surface area (Å²) in [6.45, 7) is 7.48. The molecule has 3 N–H and O–H groups in total. The smallest absolute Gasteiger partial charge is 0.323 e. The van der Waals surface area contributed by atoms with Gasteiger partial charge >= 0.3 is 6.01 Å². The van der Waals surface area contributed by atoms with Crippen LogP contribution in [0.3, 0.4) is 0 Å². The second-order valence-electron chi connectivity index (χ2n) is 5.69. The van der Waals surface area contributed by atoms with E-state index in [2.05, 4.69) is 15.0 Å². The third-order valence-corrected chi connectivity index (χ3v) is 3.02. The lowest BCUT2D eigenvalue weighted by atomic mass is 10.1. The van der Waals surface area contributed by atoms with Gasteiger partial charge in [-0.1, -0.05) is 6.92 Å². The van der Waals surface area contributed by atoms with Gasteiger partial charge in [-0.25, -0.2) is 0 Å². The number of hydrogen-bond acceptors (Lipinski definition) is 8. The number of nitrogen functional groups attached to an aromatic ring is 1. The fraction of sp³-hybridized carbons (Fsp3) is 0.769. The van der Waals surface area contributed by atoms with Crippen molar-refractivity contribution in [1.82, 2.24) is 15.0 Å². The van der Waals surface area contributed by atoms with E-state index in [1.165, 1.54) is 0 Å². The zero-order chi connectivity index (χ0) is 15.5.